The Morgan fingerprint density at radius 3 is 2.88 bits per heavy atom. The Kier molecular flexibility index (Phi) is 4.97. The topological polar surface area (TPSA) is 89.5 Å². The number of benzene rings is 1. The van der Waals surface area contributed by atoms with Crippen LogP contribution in [0.15, 0.2) is 24.3 Å². The molecule has 0 saturated heterocycles. The number of aryl methyl sites for hydroxylation is 1. The van der Waals surface area contributed by atoms with Crippen LogP contribution in [0.25, 0.3) is 0 Å². The largest absolute Gasteiger partial charge is 0.480 e. The van der Waals surface area contributed by atoms with E-state index in [4.69, 9.17) is 9.47 Å². The third kappa shape index (κ3) is 3.96. The maximum absolute atomic E-state index is 12.4. The molecule has 0 fully saturated rings. The molecule has 0 unspecified atom stereocenters. The van der Waals surface area contributed by atoms with Gasteiger partial charge in [-0.05, 0) is 24.5 Å². The van der Waals surface area contributed by atoms with Gasteiger partial charge >= 0.3 is 6.01 Å². The number of amides is 1. The van der Waals surface area contributed by atoms with E-state index in [1.165, 1.54) is 7.11 Å². The number of fused-ring (bicyclic) bond motifs is 1. The quantitative estimate of drug-likeness (QED) is 0.865. The monoisotopic (exact) mass is 343 g/mol. The average molecular weight is 343 g/mol. The van der Waals surface area contributed by atoms with Crippen LogP contribution in [-0.2, 0) is 17.8 Å². The summed E-state index contributed by atoms with van der Waals surface area (Å²) in [6, 6.07) is 7.99. The van der Waals surface area contributed by atoms with Crippen molar-refractivity contribution in [3.05, 3.63) is 35.7 Å². The van der Waals surface area contributed by atoms with Gasteiger partial charge in [-0.25, -0.2) is 0 Å². The fraction of sp³-hybridized carbons (Fsp3) is 0.412. The molecule has 8 nitrogen and oxygen atoms in total. The van der Waals surface area contributed by atoms with E-state index in [9.17, 15) is 4.79 Å². The van der Waals surface area contributed by atoms with Crippen molar-refractivity contribution in [1.82, 2.24) is 20.3 Å². The van der Waals surface area contributed by atoms with Crippen molar-refractivity contribution < 1.29 is 14.3 Å². The first kappa shape index (κ1) is 16.9. The smallest absolute Gasteiger partial charge is 0.321 e. The highest BCUT2D eigenvalue weighted by atomic mass is 16.5. The summed E-state index contributed by atoms with van der Waals surface area (Å²) in [7, 11) is 5.14. The zero-order valence-electron chi connectivity index (χ0n) is 14.5. The summed E-state index contributed by atoms with van der Waals surface area (Å²) in [6.45, 7) is 0.181. The standard InChI is InChI=1S/C17H21N5O3/c1-22(2)16-19-14(20-17(21-16)24-3)10-18-15(23)13-9-8-11-6-4-5-7-12(11)25-13/h4-7,13H,8-10H2,1-3H3,(H,18,23)/t13-/m1/s1. The van der Waals surface area contributed by atoms with Crippen molar-refractivity contribution in [3.63, 3.8) is 0 Å². The molecule has 1 aliphatic rings. The number of hydrogen-bond acceptors (Lipinski definition) is 7. The van der Waals surface area contributed by atoms with Gasteiger partial charge in [0.2, 0.25) is 5.95 Å². The number of aromatic nitrogens is 3. The number of methoxy groups -OCH3 is 1. The molecule has 0 saturated carbocycles. The lowest BCUT2D eigenvalue weighted by atomic mass is 10.0. The third-order valence-corrected chi connectivity index (χ3v) is 3.86. The zero-order valence-corrected chi connectivity index (χ0v) is 14.5. The van der Waals surface area contributed by atoms with Crippen molar-refractivity contribution in [3.8, 4) is 11.8 Å². The molecule has 3 rings (SSSR count). The van der Waals surface area contributed by atoms with E-state index in [-0.39, 0.29) is 18.5 Å². The van der Waals surface area contributed by atoms with Gasteiger partial charge < -0.3 is 19.7 Å². The van der Waals surface area contributed by atoms with E-state index in [1.807, 2.05) is 38.4 Å². The van der Waals surface area contributed by atoms with Crippen LogP contribution >= 0.6 is 0 Å². The molecule has 1 aliphatic heterocycles. The maximum Gasteiger partial charge on any atom is 0.321 e. The second-order valence-electron chi connectivity index (χ2n) is 5.90. The number of rotatable bonds is 5. The Morgan fingerprint density at radius 1 is 1.32 bits per heavy atom. The Hall–Kier alpha value is -2.90. The van der Waals surface area contributed by atoms with Gasteiger partial charge in [-0.3, -0.25) is 4.79 Å². The summed E-state index contributed by atoms with van der Waals surface area (Å²) in [6.07, 6.45) is 0.956. The summed E-state index contributed by atoms with van der Waals surface area (Å²) in [5, 5.41) is 2.83. The molecule has 1 N–H and O–H groups in total. The van der Waals surface area contributed by atoms with Crippen molar-refractivity contribution >= 4 is 11.9 Å². The van der Waals surface area contributed by atoms with Gasteiger partial charge in [-0.2, -0.15) is 15.0 Å². The van der Waals surface area contributed by atoms with E-state index in [0.717, 1.165) is 17.7 Å². The van der Waals surface area contributed by atoms with E-state index in [0.29, 0.717) is 18.2 Å². The lowest BCUT2D eigenvalue weighted by molar-refractivity contribution is -0.128. The number of carbonyl (C=O) groups is 1. The van der Waals surface area contributed by atoms with Crippen molar-refractivity contribution in [1.29, 1.82) is 0 Å². The van der Waals surface area contributed by atoms with Crippen molar-refractivity contribution in [2.45, 2.75) is 25.5 Å². The second-order valence-corrected chi connectivity index (χ2v) is 5.90. The lowest BCUT2D eigenvalue weighted by Gasteiger charge is -2.25. The van der Waals surface area contributed by atoms with E-state index in [2.05, 4.69) is 20.3 Å². The molecule has 0 bridgehead atoms. The fourth-order valence-electron chi connectivity index (χ4n) is 2.55. The van der Waals surface area contributed by atoms with E-state index < -0.39 is 6.10 Å². The minimum absolute atomic E-state index is 0.180. The number of nitrogens with zero attached hydrogens (tertiary/aromatic N) is 4. The Balaban J connectivity index is 1.64. The molecule has 8 heteroatoms. The molecule has 1 aromatic carbocycles. The number of para-hydroxylation sites is 1. The summed E-state index contributed by atoms with van der Waals surface area (Å²) in [5.74, 6) is 1.49. The van der Waals surface area contributed by atoms with Crippen LogP contribution in [0.1, 0.15) is 17.8 Å². The maximum atomic E-state index is 12.4. The van der Waals surface area contributed by atoms with Gasteiger partial charge in [0.1, 0.15) is 5.75 Å². The number of nitrogens with one attached hydrogen (secondary N) is 1. The lowest BCUT2D eigenvalue weighted by Crippen LogP contribution is -2.40. The van der Waals surface area contributed by atoms with E-state index in [1.54, 1.807) is 4.90 Å². The number of ether oxygens (including phenoxy) is 2. The van der Waals surface area contributed by atoms with Crippen LogP contribution in [0, 0.1) is 0 Å². The first-order chi connectivity index (χ1) is 12.1. The number of hydrogen-bond donors (Lipinski definition) is 1. The molecule has 2 aromatic rings. The first-order valence-electron chi connectivity index (χ1n) is 8.05. The van der Waals surface area contributed by atoms with Crippen LogP contribution in [0.4, 0.5) is 5.95 Å². The van der Waals surface area contributed by atoms with Gasteiger partial charge in [-0.1, -0.05) is 18.2 Å². The van der Waals surface area contributed by atoms with Crippen LogP contribution in [-0.4, -0.2) is 48.2 Å². The fourth-order valence-corrected chi connectivity index (χ4v) is 2.55. The highest BCUT2D eigenvalue weighted by Crippen LogP contribution is 2.27. The van der Waals surface area contributed by atoms with Gasteiger partial charge in [0.05, 0.1) is 13.7 Å². The molecule has 1 aromatic heterocycles. The summed E-state index contributed by atoms with van der Waals surface area (Å²) in [4.78, 5) is 26.8. The average Bonchev–Trinajstić information content (AvgIpc) is 2.65. The molecule has 1 atom stereocenters. The number of anilines is 1. The zero-order chi connectivity index (χ0) is 17.8. The van der Waals surface area contributed by atoms with Crippen LogP contribution in [0.5, 0.6) is 11.8 Å². The molecule has 2 heterocycles. The Labute approximate surface area is 146 Å². The van der Waals surface area contributed by atoms with Crippen LogP contribution in [0.3, 0.4) is 0 Å². The Bertz CT molecular complexity index is 766. The Morgan fingerprint density at radius 2 is 2.12 bits per heavy atom. The minimum Gasteiger partial charge on any atom is -0.480 e. The SMILES string of the molecule is COc1nc(CNC(=O)[C@H]2CCc3ccccc3O2)nc(N(C)C)n1. The first-order valence-corrected chi connectivity index (χ1v) is 8.05. The predicted molar refractivity (Wildman–Crippen MR) is 91.7 cm³/mol. The predicted octanol–water partition coefficient (Wildman–Crippen LogP) is 0.956. The molecule has 0 spiro atoms. The molecule has 0 radical (unpaired) electrons. The third-order valence-electron chi connectivity index (χ3n) is 3.86. The van der Waals surface area contributed by atoms with E-state index >= 15 is 0 Å². The molecule has 132 valence electrons. The summed E-state index contributed by atoms with van der Waals surface area (Å²) < 4.78 is 10.9. The van der Waals surface area contributed by atoms with Crippen molar-refractivity contribution in [2.75, 3.05) is 26.1 Å². The highest BCUT2D eigenvalue weighted by Gasteiger charge is 2.25. The summed E-state index contributed by atoms with van der Waals surface area (Å²) in [5.41, 5.74) is 1.13. The molecular weight excluding hydrogens is 322 g/mol. The molecular formula is C17H21N5O3. The summed E-state index contributed by atoms with van der Waals surface area (Å²) >= 11 is 0. The second kappa shape index (κ2) is 7.33. The molecule has 25 heavy (non-hydrogen) atoms. The highest BCUT2D eigenvalue weighted by molar-refractivity contribution is 5.81. The van der Waals surface area contributed by atoms with Crippen LogP contribution < -0.4 is 19.7 Å². The number of carbonyl (C=O) groups excluding carboxylic acids is 1. The molecule has 0 aliphatic carbocycles. The molecule has 1 amide bonds. The van der Waals surface area contributed by atoms with Gasteiger partial charge in [-0.15, -0.1) is 0 Å². The van der Waals surface area contributed by atoms with Gasteiger partial charge in [0.15, 0.2) is 11.9 Å². The minimum atomic E-state index is -0.507. The normalized spacial score (nSPS) is 15.7. The van der Waals surface area contributed by atoms with Gasteiger partial charge in [0, 0.05) is 14.1 Å². The van der Waals surface area contributed by atoms with Crippen molar-refractivity contribution in [2.24, 2.45) is 0 Å². The van der Waals surface area contributed by atoms with Crippen LogP contribution in [0.2, 0.25) is 0 Å². The van der Waals surface area contributed by atoms with Gasteiger partial charge in [0.25, 0.3) is 5.91 Å².